The fraction of sp³-hybridized carbons (Fsp3) is 0.450. The average Bonchev–Trinajstić information content (AvgIpc) is 3.48. The van der Waals surface area contributed by atoms with E-state index in [2.05, 4.69) is 61.8 Å². The van der Waals surface area contributed by atoms with Crippen molar-refractivity contribution in [2.24, 2.45) is 0 Å². The molecule has 2 amide bonds. The van der Waals surface area contributed by atoms with E-state index in [9.17, 15) is 14.0 Å². The zero-order chi connectivity index (χ0) is 35.2. The smallest absolute Gasteiger partial charge is 0.272 e. The molecule has 10 nitrogen and oxygen atoms in total. The predicted octanol–water partition coefficient (Wildman–Crippen LogP) is 5.86. The van der Waals surface area contributed by atoms with Crippen molar-refractivity contribution in [1.29, 1.82) is 0 Å². The van der Waals surface area contributed by atoms with Gasteiger partial charge in [0.15, 0.2) is 0 Å². The maximum Gasteiger partial charge on any atom is 0.272 e. The van der Waals surface area contributed by atoms with Gasteiger partial charge in [0.2, 0.25) is 5.88 Å². The number of aromatic nitrogens is 3. The van der Waals surface area contributed by atoms with Crippen molar-refractivity contribution in [2.45, 2.75) is 76.4 Å². The molecule has 0 spiro atoms. The Morgan fingerprint density at radius 3 is 2.41 bits per heavy atom. The van der Waals surface area contributed by atoms with Gasteiger partial charge in [-0.1, -0.05) is 36.4 Å². The lowest BCUT2D eigenvalue weighted by atomic mass is 9.91. The van der Waals surface area contributed by atoms with Crippen LogP contribution in [0.4, 0.5) is 4.39 Å². The van der Waals surface area contributed by atoms with Crippen LogP contribution in [-0.2, 0) is 19.4 Å². The number of benzene rings is 2. The van der Waals surface area contributed by atoms with E-state index >= 15 is 0 Å². The third-order valence-electron chi connectivity index (χ3n) is 10.5. The third-order valence-corrected chi connectivity index (χ3v) is 10.5. The van der Waals surface area contributed by atoms with E-state index in [-0.39, 0.29) is 29.4 Å². The van der Waals surface area contributed by atoms with Gasteiger partial charge in [-0.25, -0.2) is 9.37 Å². The summed E-state index contributed by atoms with van der Waals surface area (Å²) in [6.07, 6.45) is 9.27. The Morgan fingerprint density at radius 1 is 0.843 bits per heavy atom. The van der Waals surface area contributed by atoms with E-state index in [4.69, 9.17) is 4.74 Å². The number of carbonyl (C=O) groups is 2. The fourth-order valence-electron chi connectivity index (χ4n) is 7.43. The van der Waals surface area contributed by atoms with Gasteiger partial charge in [-0.2, -0.15) is 5.10 Å². The number of hydrogen-bond acceptors (Lipinski definition) is 7. The summed E-state index contributed by atoms with van der Waals surface area (Å²) in [6, 6.07) is 19.2. The van der Waals surface area contributed by atoms with Gasteiger partial charge in [0.25, 0.3) is 11.8 Å². The molecule has 4 aromatic rings. The second kappa shape index (κ2) is 16.2. The number of rotatable bonds is 10. The zero-order valence-electron chi connectivity index (χ0n) is 29.5. The lowest BCUT2D eigenvalue weighted by molar-refractivity contribution is 0.0887. The highest BCUT2D eigenvalue weighted by molar-refractivity contribution is 5.96. The maximum atomic E-state index is 14.4. The summed E-state index contributed by atoms with van der Waals surface area (Å²) in [5, 5.41) is 10.7. The normalized spacial score (nSPS) is 19.9. The first kappa shape index (κ1) is 34.8. The number of pyridine rings is 1. The number of amides is 2. The van der Waals surface area contributed by atoms with Crippen LogP contribution in [0.1, 0.15) is 77.0 Å². The van der Waals surface area contributed by atoms with Crippen molar-refractivity contribution >= 4 is 11.8 Å². The van der Waals surface area contributed by atoms with E-state index in [0.717, 1.165) is 94.3 Å². The number of halogens is 1. The van der Waals surface area contributed by atoms with Gasteiger partial charge in [-0.15, -0.1) is 0 Å². The summed E-state index contributed by atoms with van der Waals surface area (Å²) >= 11 is 0. The molecule has 1 aliphatic carbocycles. The highest BCUT2D eigenvalue weighted by Crippen LogP contribution is 2.29. The summed E-state index contributed by atoms with van der Waals surface area (Å²) in [6.45, 7) is 6.47. The Hall–Kier alpha value is -4.61. The lowest BCUT2D eigenvalue weighted by Crippen LogP contribution is -2.44. The van der Waals surface area contributed by atoms with Crippen LogP contribution in [0.15, 0.2) is 66.9 Å². The van der Waals surface area contributed by atoms with Crippen molar-refractivity contribution < 1.29 is 18.7 Å². The molecule has 0 radical (unpaired) electrons. The summed E-state index contributed by atoms with van der Waals surface area (Å²) in [7, 11) is 2.20. The van der Waals surface area contributed by atoms with Crippen molar-refractivity contribution in [3.05, 3.63) is 95.2 Å². The number of carbonyl (C=O) groups excluding carboxylic acids is 2. The molecular formula is C40H48FN7O3. The highest BCUT2D eigenvalue weighted by Gasteiger charge is 2.27. The molecule has 2 aliphatic heterocycles. The molecule has 2 N–H and O–H groups in total. The van der Waals surface area contributed by atoms with E-state index in [0.29, 0.717) is 24.3 Å². The zero-order valence-corrected chi connectivity index (χ0v) is 29.5. The predicted molar refractivity (Wildman–Crippen MR) is 195 cm³/mol. The van der Waals surface area contributed by atoms with Crippen molar-refractivity contribution in [2.75, 3.05) is 39.8 Å². The van der Waals surface area contributed by atoms with Crippen LogP contribution in [-0.4, -0.2) is 88.2 Å². The van der Waals surface area contributed by atoms with Gasteiger partial charge in [0.05, 0.1) is 6.20 Å². The molecule has 3 aliphatic rings. The molecule has 4 heterocycles. The van der Waals surface area contributed by atoms with E-state index in [1.807, 2.05) is 28.9 Å². The van der Waals surface area contributed by atoms with E-state index < -0.39 is 11.7 Å². The molecule has 0 bridgehead atoms. The molecule has 2 aromatic heterocycles. The van der Waals surface area contributed by atoms with Crippen LogP contribution in [0.5, 0.6) is 11.6 Å². The molecule has 2 aromatic carbocycles. The minimum Gasteiger partial charge on any atom is -0.438 e. The SMILES string of the molecule is CN1CCCN(CCc2ccc(-c3cccc(Oc4ncc(F)cc4C(=O)NC4CCC(NC(=O)c5cc6n(n5)CCCC6)CC4)c3)cc2)CC1. The second-order valence-corrected chi connectivity index (χ2v) is 14.3. The Balaban J connectivity index is 0.928. The highest BCUT2D eigenvalue weighted by atomic mass is 19.1. The molecule has 7 rings (SSSR count). The third kappa shape index (κ3) is 9.01. The summed E-state index contributed by atoms with van der Waals surface area (Å²) in [5.74, 6) is -0.649. The molecule has 0 atom stereocenters. The van der Waals surface area contributed by atoms with Crippen LogP contribution in [0.25, 0.3) is 11.1 Å². The Bertz CT molecular complexity index is 1800. The quantitative estimate of drug-likeness (QED) is 0.214. The average molecular weight is 694 g/mol. The van der Waals surface area contributed by atoms with Crippen LogP contribution >= 0.6 is 0 Å². The Kier molecular flexibility index (Phi) is 11.0. The molecule has 2 fully saturated rings. The standard InChI is InChI=1S/C40H48FN7O3/c1-46-18-5-19-47(23-22-46)21-17-28-9-11-29(12-10-28)30-6-4-8-35(24-30)51-40-36(25-31(41)27-42-40)38(49)43-32-13-15-33(16-14-32)44-39(50)37-26-34-7-2-3-20-48(34)45-37/h4,6,8-12,24-27,32-33H,2-3,5,7,13-23H2,1H3,(H,43,49)(H,44,50). The topological polar surface area (TPSA) is 105 Å². The number of likely N-dealkylation sites (N-methyl/N-ethyl adjacent to an activating group) is 1. The number of ether oxygens (including phenoxy) is 1. The van der Waals surface area contributed by atoms with Crippen LogP contribution < -0.4 is 15.4 Å². The first-order valence-corrected chi connectivity index (χ1v) is 18.5. The number of fused-ring (bicyclic) bond motifs is 1. The van der Waals surface area contributed by atoms with Crippen molar-refractivity contribution in [3.8, 4) is 22.8 Å². The van der Waals surface area contributed by atoms with Crippen molar-refractivity contribution in [1.82, 2.24) is 35.2 Å². The monoisotopic (exact) mass is 693 g/mol. The van der Waals surface area contributed by atoms with Crippen LogP contribution in [0.3, 0.4) is 0 Å². The van der Waals surface area contributed by atoms with E-state index in [1.54, 1.807) is 6.07 Å². The fourth-order valence-corrected chi connectivity index (χ4v) is 7.43. The number of nitrogens with one attached hydrogen (secondary N) is 2. The van der Waals surface area contributed by atoms with E-state index in [1.165, 1.54) is 24.6 Å². The van der Waals surface area contributed by atoms with Gasteiger partial charge >= 0.3 is 0 Å². The van der Waals surface area contributed by atoms with Gasteiger partial charge in [-0.05, 0) is 119 Å². The lowest BCUT2D eigenvalue weighted by Gasteiger charge is -2.29. The summed E-state index contributed by atoms with van der Waals surface area (Å²) in [4.78, 5) is 35.4. The Labute approximate surface area is 299 Å². The van der Waals surface area contributed by atoms with Crippen LogP contribution in [0, 0.1) is 5.82 Å². The summed E-state index contributed by atoms with van der Waals surface area (Å²) in [5.41, 5.74) is 4.97. The molecule has 1 saturated carbocycles. The number of hydrogen-bond donors (Lipinski definition) is 2. The van der Waals surface area contributed by atoms with Gasteiger partial charge < -0.3 is 25.2 Å². The number of nitrogens with zero attached hydrogens (tertiary/aromatic N) is 5. The summed E-state index contributed by atoms with van der Waals surface area (Å²) < 4.78 is 22.4. The molecule has 11 heteroatoms. The minimum absolute atomic E-state index is 0.00861. The molecule has 268 valence electrons. The van der Waals surface area contributed by atoms with Crippen LogP contribution in [0.2, 0.25) is 0 Å². The first-order chi connectivity index (χ1) is 24.9. The van der Waals surface area contributed by atoms with Crippen molar-refractivity contribution in [3.63, 3.8) is 0 Å². The van der Waals surface area contributed by atoms with Gasteiger partial charge in [-0.3, -0.25) is 14.3 Å². The molecule has 51 heavy (non-hydrogen) atoms. The Morgan fingerprint density at radius 2 is 1.63 bits per heavy atom. The maximum absolute atomic E-state index is 14.4. The first-order valence-electron chi connectivity index (χ1n) is 18.5. The molecule has 0 unspecified atom stereocenters. The second-order valence-electron chi connectivity index (χ2n) is 14.3. The molecule has 1 saturated heterocycles. The number of aryl methyl sites for hydroxylation is 2. The largest absolute Gasteiger partial charge is 0.438 e. The molecular weight excluding hydrogens is 645 g/mol. The van der Waals surface area contributed by atoms with Gasteiger partial charge in [0.1, 0.15) is 22.8 Å². The minimum atomic E-state index is -0.614. The van der Waals surface area contributed by atoms with Gasteiger partial charge in [0, 0.05) is 44.0 Å².